The first-order valence-electron chi connectivity index (χ1n) is 11.1. The third kappa shape index (κ3) is 4.44. The lowest BCUT2D eigenvalue weighted by atomic mass is 9.96. The van der Waals surface area contributed by atoms with Crippen LogP contribution in [0.4, 0.5) is 13.2 Å². The third-order valence-electron chi connectivity index (χ3n) is 6.92. The molecule has 2 aliphatic rings. The predicted molar refractivity (Wildman–Crippen MR) is 116 cm³/mol. The number of aliphatic hydroxyl groups is 1. The molecular weight excluding hydrogens is 435 g/mol. The lowest BCUT2D eigenvalue weighted by Gasteiger charge is -2.38. The maximum absolute atomic E-state index is 12.9. The molecule has 33 heavy (non-hydrogen) atoms. The monoisotopic (exact) mass is 463 g/mol. The maximum atomic E-state index is 12.9. The fourth-order valence-electron chi connectivity index (χ4n) is 5.03. The van der Waals surface area contributed by atoms with E-state index in [-0.39, 0.29) is 42.8 Å². The highest BCUT2D eigenvalue weighted by Gasteiger charge is 2.47. The number of fused-ring (bicyclic) bond motifs is 2. The van der Waals surface area contributed by atoms with Crippen molar-refractivity contribution >= 4 is 5.91 Å². The molecule has 178 valence electrons. The smallest absolute Gasteiger partial charge is 0.433 e. The summed E-state index contributed by atoms with van der Waals surface area (Å²) >= 11 is 0. The van der Waals surface area contributed by atoms with Gasteiger partial charge in [-0.15, -0.1) is 0 Å². The summed E-state index contributed by atoms with van der Waals surface area (Å²) in [7, 11) is 0. The van der Waals surface area contributed by atoms with Crippen LogP contribution in [0.2, 0.25) is 0 Å². The highest BCUT2D eigenvalue weighted by molar-refractivity contribution is 5.94. The zero-order valence-electron chi connectivity index (χ0n) is 18.9. The van der Waals surface area contributed by atoms with E-state index < -0.39 is 11.9 Å². The molecule has 3 atom stereocenters. The molecule has 6 nitrogen and oxygen atoms in total. The van der Waals surface area contributed by atoms with E-state index in [0.29, 0.717) is 13.1 Å². The lowest BCUT2D eigenvalue weighted by Crippen LogP contribution is -2.49. The Balaban J connectivity index is 1.44. The van der Waals surface area contributed by atoms with Crippen molar-refractivity contribution in [1.82, 2.24) is 14.8 Å². The highest BCUT2D eigenvalue weighted by atomic mass is 19.4. The molecule has 1 aromatic carbocycles. The molecule has 9 heteroatoms. The molecule has 0 spiro atoms. The zero-order valence-corrected chi connectivity index (χ0v) is 18.9. The van der Waals surface area contributed by atoms with E-state index in [1.54, 1.807) is 4.90 Å². The molecule has 0 unspecified atom stereocenters. The van der Waals surface area contributed by atoms with E-state index in [1.165, 1.54) is 11.6 Å². The molecule has 0 radical (unpaired) electrons. The molecule has 2 fully saturated rings. The first-order valence-corrected chi connectivity index (χ1v) is 11.1. The van der Waals surface area contributed by atoms with E-state index in [0.717, 1.165) is 35.6 Å². The number of hydrogen-bond acceptors (Lipinski definition) is 5. The molecule has 4 rings (SSSR count). The first-order chi connectivity index (χ1) is 15.6. The van der Waals surface area contributed by atoms with Crippen LogP contribution in [-0.2, 0) is 6.18 Å². The van der Waals surface area contributed by atoms with Crippen LogP contribution in [0.3, 0.4) is 0 Å². The zero-order chi connectivity index (χ0) is 23.9. The summed E-state index contributed by atoms with van der Waals surface area (Å²) in [5.41, 5.74) is 2.56. The molecule has 0 aliphatic carbocycles. The summed E-state index contributed by atoms with van der Waals surface area (Å²) in [6.07, 6.45) is -2.66. The number of pyridine rings is 1. The van der Waals surface area contributed by atoms with Crippen LogP contribution < -0.4 is 4.74 Å². The number of amides is 1. The normalized spacial score (nSPS) is 21.5. The molecule has 1 N–H and O–H groups in total. The van der Waals surface area contributed by atoms with Crippen molar-refractivity contribution in [3.63, 3.8) is 0 Å². The van der Waals surface area contributed by atoms with E-state index in [4.69, 9.17) is 9.84 Å². The Morgan fingerprint density at radius 1 is 1.18 bits per heavy atom. The number of piperazine rings is 1. The van der Waals surface area contributed by atoms with Gasteiger partial charge in [-0.2, -0.15) is 13.2 Å². The van der Waals surface area contributed by atoms with E-state index >= 15 is 0 Å². The Morgan fingerprint density at radius 3 is 2.52 bits per heavy atom. The van der Waals surface area contributed by atoms with Crippen molar-refractivity contribution in [2.75, 3.05) is 26.3 Å². The molecule has 2 bridgehead atoms. The van der Waals surface area contributed by atoms with Gasteiger partial charge < -0.3 is 14.7 Å². The molecule has 2 aromatic rings. The van der Waals surface area contributed by atoms with Gasteiger partial charge in [-0.3, -0.25) is 14.7 Å². The number of hydrogen-bond donors (Lipinski definition) is 1. The fraction of sp³-hybridized carbons (Fsp3) is 0.500. The van der Waals surface area contributed by atoms with Gasteiger partial charge in [0.1, 0.15) is 18.1 Å². The van der Waals surface area contributed by atoms with Gasteiger partial charge >= 0.3 is 6.18 Å². The van der Waals surface area contributed by atoms with E-state index in [2.05, 4.69) is 29.8 Å². The number of benzene rings is 1. The standard InChI is InChI=1S/C24H28F3N3O3/c1-14-15(2)21(33-9-8-31)6-5-20(14)16(3)29-12-19-10-18(29)13-30(19)23(32)17-4-7-22(28-11-17)24(25,26)27/h4-7,11,16,18-19,31H,8-10,12-13H2,1-3H3/t16-,18+,19+/m0/s1. The molecule has 1 amide bonds. The lowest BCUT2D eigenvalue weighted by molar-refractivity contribution is -0.141. The summed E-state index contributed by atoms with van der Waals surface area (Å²) in [5.74, 6) is 0.496. The van der Waals surface area contributed by atoms with Gasteiger partial charge in [0.2, 0.25) is 0 Å². The van der Waals surface area contributed by atoms with Crippen LogP contribution in [0, 0.1) is 13.8 Å². The second-order valence-electron chi connectivity index (χ2n) is 8.78. The quantitative estimate of drug-likeness (QED) is 0.707. The van der Waals surface area contributed by atoms with Crippen LogP contribution in [0.15, 0.2) is 30.5 Å². The minimum absolute atomic E-state index is 0.0285. The van der Waals surface area contributed by atoms with Gasteiger partial charge in [0.05, 0.1) is 12.2 Å². The van der Waals surface area contributed by atoms with Crippen LogP contribution in [0.25, 0.3) is 0 Å². The average Bonchev–Trinajstić information content (AvgIpc) is 3.40. The van der Waals surface area contributed by atoms with Crippen molar-refractivity contribution < 1.29 is 27.8 Å². The van der Waals surface area contributed by atoms with E-state index in [1.807, 2.05) is 13.0 Å². The Hall–Kier alpha value is -2.65. The number of carbonyl (C=O) groups excluding carboxylic acids is 1. The van der Waals surface area contributed by atoms with Crippen LogP contribution in [0.5, 0.6) is 5.75 Å². The van der Waals surface area contributed by atoms with Crippen LogP contribution in [0.1, 0.15) is 52.1 Å². The molecule has 2 saturated heterocycles. The molecular formula is C24H28F3N3O3. The Bertz CT molecular complexity index is 1030. The molecule has 1 aromatic heterocycles. The summed E-state index contributed by atoms with van der Waals surface area (Å²) < 4.78 is 43.9. The van der Waals surface area contributed by atoms with Crippen LogP contribution in [-0.4, -0.2) is 64.2 Å². The molecule has 2 aliphatic heterocycles. The summed E-state index contributed by atoms with van der Waals surface area (Å²) in [5, 5.41) is 9.00. The summed E-state index contributed by atoms with van der Waals surface area (Å²) in [4.78, 5) is 20.5. The SMILES string of the molecule is Cc1c(OCCO)ccc([C@H](C)N2C[C@H]3C[C@@H]2CN3C(=O)c2ccc(C(F)(F)F)nc2)c1C. The molecule has 3 heterocycles. The second kappa shape index (κ2) is 8.95. The van der Waals surface area contributed by atoms with Crippen molar-refractivity contribution in [2.24, 2.45) is 0 Å². The minimum Gasteiger partial charge on any atom is -0.491 e. The van der Waals surface area contributed by atoms with Crippen molar-refractivity contribution in [1.29, 1.82) is 0 Å². The number of halogens is 3. The fourth-order valence-corrected chi connectivity index (χ4v) is 5.03. The Labute approximate surface area is 191 Å². The van der Waals surface area contributed by atoms with Gasteiger partial charge in [0, 0.05) is 37.4 Å². The van der Waals surface area contributed by atoms with Crippen LogP contribution >= 0.6 is 0 Å². The summed E-state index contributed by atoms with van der Waals surface area (Å²) in [6, 6.07) is 6.43. The number of ether oxygens (including phenoxy) is 1. The number of alkyl halides is 3. The Kier molecular flexibility index (Phi) is 6.37. The Morgan fingerprint density at radius 2 is 1.94 bits per heavy atom. The van der Waals surface area contributed by atoms with Crippen molar-refractivity contribution in [3.8, 4) is 5.75 Å². The van der Waals surface area contributed by atoms with Gasteiger partial charge in [0.15, 0.2) is 0 Å². The number of carbonyl (C=O) groups is 1. The second-order valence-corrected chi connectivity index (χ2v) is 8.78. The van der Waals surface area contributed by atoms with Crippen molar-refractivity contribution in [3.05, 3.63) is 58.4 Å². The highest BCUT2D eigenvalue weighted by Crippen LogP contribution is 2.39. The number of nitrogens with zero attached hydrogens (tertiary/aromatic N) is 3. The van der Waals surface area contributed by atoms with Gasteiger partial charge in [-0.1, -0.05) is 6.07 Å². The topological polar surface area (TPSA) is 65.9 Å². The number of likely N-dealkylation sites (tertiary alicyclic amines) is 2. The van der Waals surface area contributed by atoms with Gasteiger partial charge in [-0.25, -0.2) is 0 Å². The summed E-state index contributed by atoms with van der Waals surface area (Å²) in [6.45, 7) is 7.70. The predicted octanol–water partition coefficient (Wildman–Crippen LogP) is 3.75. The number of aliphatic hydroxyl groups excluding tert-OH is 1. The largest absolute Gasteiger partial charge is 0.491 e. The number of aromatic nitrogens is 1. The van der Waals surface area contributed by atoms with Gasteiger partial charge in [-0.05, 0) is 62.1 Å². The number of rotatable bonds is 6. The third-order valence-corrected chi connectivity index (χ3v) is 6.92. The first kappa shape index (κ1) is 23.5. The molecule has 0 saturated carbocycles. The maximum Gasteiger partial charge on any atom is 0.433 e. The van der Waals surface area contributed by atoms with Crippen molar-refractivity contribution in [2.45, 2.75) is 51.5 Å². The average molecular weight is 464 g/mol. The van der Waals surface area contributed by atoms with Gasteiger partial charge in [0.25, 0.3) is 5.91 Å². The van der Waals surface area contributed by atoms with E-state index in [9.17, 15) is 18.0 Å². The minimum atomic E-state index is -4.52.